The third kappa shape index (κ3) is 2.72. The lowest BCUT2D eigenvalue weighted by molar-refractivity contribution is 0.0688. The Kier molecular flexibility index (Phi) is 4.01. The zero-order chi connectivity index (χ0) is 13.1. The second kappa shape index (κ2) is 5.52. The molecule has 100 valence electrons. The highest BCUT2D eigenvalue weighted by atomic mass is 16.2. The maximum absolute atomic E-state index is 12.5. The molecule has 1 aromatic rings. The number of nitrogens with one attached hydrogen (secondary N) is 2. The molecule has 1 atom stereocenters. The molecule has 0 saturated carbocycles. The summed E-state index contributed by atoms with van der Waals surface area (Å²) in [5.41, 5.74) is 1.52. The van der Waals surface area contributed by atoms with E-state index in [1.165, 1.54) is 6.42 Å². The Morgan fingerprint density at radius 1 is 1.61 bits per heavy atom. The molecule has 1 aliphatic rings. The van der Waals surface area contributed by atoms with Crippen molar-refractivity contribution < 1.29 is 4.79 Å². The third-order valence-corrected chi connectivity index (χ3v) is 3.52. The average molecular weight is 250 g/mol. The van der Waals surface area contributed by atoms with Gasteiger partial charge in [-0.2, -0.15) is 5.10 Å². The predicted molar refractivity (Wildman–Crippen MR) is 70.5 cm³/mol. The molecule has 18 heavy (non-hydrogen) atoms. The molecule has 1 saturated heterocycles. The van der Waals surface area contributed by atoms with E-state index >= 15 is 0 Å². The number of aryl methyl sites for hydroxylation is 1. The third-order valence-electron chi connectivity index (χ3n) is 3.52. The molecular formula is C13H22N4O. The maximum Gasteiger partial charge on any atom is 0.257 e. The molecule has 2 N–H and O–H groups in total. The van der Waals surface area contributed by atoms with E-state index in [1.807, 2.05) is 11.8 Å². The predicted octanol–water partition coefficient (Wildman–Crippen LogP) is 1.32. The van der Waals surface area contributed by atoms with Crippen molar-refractivity contribution in [3.05, 3.63) is 17.5 Å². The van der Waals surface area contributed by atoms with Gasteiger partial charge in [0.2, 0.25) is 0 Å². The molecule has 0 bridgehead atoms. The van der Waals surface area contributed by atoms with Crippen LogP contribution in [-0.4, -0.2) is 46.2 Å². The number of aromatic amines is 1. The molecule has 0 radical (unpaired) electrons. The molecule has 0 aliphatic carbocycles. The van der Waals surface area contributed by atoms with Crippen LogP contribution in [0.4, 0.5) is 0 Å². The second-order valence-corrected chi connectivity index (χ2v) is 5.25. The highest BCUT2D eigenvalue weighted by molar-refractivity contribution is 5.95. The van der Waals surface area contributed by atoms with Gasteiger partial charge in [0.25, 0.3) is 5.91 Å². The summed E-state index contributed by atoms with van der Waals surface area (Å²) in [4.78, 5) is 14.4. The highest BCUT2D eigenvalue weighted by Crippen LogP contribution is 2.14. The smallest absolute Gasteiger partial charge is 0.257 e. The molecule has 5 nitrogen and oxygen atoms in total. The van der Waals surface area contributed by atoms with Gasteiger partial charge in [-0.3, -0.25) is 9.89 Å². The second-order valence-electron chi connectivity index (χ2n) is 5.25. The van der Waals surface area contributed by atoms with Crippen molar-refractivity contribution in [3.8, 4) is 0 Å². The zero-order valence-corrected chi connectivity index (χ0v) is 11.4. The van der Waals surface area contributed by atoms with Gasteiger partial charge in [0, 0.05) is 24.3 Å². The van der Waals surface area contributed by atoms with Crippen LogP contribution in [0, 0.1) is 6.92 Å². The van der Waals surface area contributed by atoms with Crippen molar-refractivity contribution in [1.29, 1.82) is 0 Å². The number of amides is 1. The Hall–Kier alpha value is -1.36. The van der Waals surface area contributed by atoms with E-state index < -0.39 is 0 Å². The molecule has 1 fully saturated rings. The van der Waals surface area contributed by atoms with Gasteiger partial charge >= 0.3 is 0 Å². The monoisotopic (exact) mass is 250 g/mol. The topological polar surface area (TPSA) is 61.0 Å². The van der Waals surface area contributed by atoms with E-state index in [0.717, 1.165) is 25.2 Å². The van der Waals surface area contributed by atoms with Gasteiger partial charge in [0.15, 0.2) is 0 Å². The lowest BCUT2D eigenvalue weighted by atomic mass is 10.1. The Morgan fingerprint density at radius 3 is 2.89 bits per heavy atom. The van der Waals surface area contributed by atoms with Gasteiger partial charge in [-0.15, -0.1) is 0 Å². The van der Waals surface area contributed by atoms with Crippen LogP contribution in [0.2, 0.25) is 0 Å². The van der Waals surface area contributed by atoms with Crippen LogP contribution in [0.25, 0.3) is 0 Å². The summed E-state index contributed by atoms with van der Waals surface area (Å²) < 4.78 is 0. The van der Waals surface area contributed by atoms with Gasteiger partial charge in [0.1, 0.15) is 0 Å². The molecule has 0 spiro atoms. The molecular weight excluding hydrogens is 228 g/mol. The van der Waals surface area contributed by atoms with Crippen LogP contribution >= 0.6 is 0 Å². The van der Waals surface area contributed by atoms with E-state index in [9.17, 15) is 4.79 Å². The summed E-state index contributed by atoms with van der Waals surface area (Å²) in [6.45, 7) is 7.84. The van der Waals surface area contributed by atoms with Crippen LogP contribution in [0.15, 0.2) is 6.20 Å². The number of nitrogens with zero attached hydrogens (tertiary/aromatic N) is 2. The minimum Gasteiger partial charge on any atom is -0.335 e. The number of carbonyl (C=O) groups excluding carboxylic acids is 1. The average Bonchev–Trinajstić information content (AvgIpc) is 2.95. The van der Waals surface area contributed by atoms with Crippen molar-refractivity contribution in [2.24, 2.45) is 0 Å². The van der Waals surface area contributed by atoms with E-state index in [1.54, 1.807) is 6.20 Å². The first-order valence-electron chi connectivity index (χ1n) is 6.64. The standard InChI is InChI=1S/C13H22N4O/c1-9(2)17(8-11-5-4-6-14-11)13(18)12-7-15-16-10(12)3/h7,9,11,14H,4-6,8H2,1-3H3,(H,15,16). The van der Waals surface area contributed by atoms with E-state index in [4.69, 9.17) is 0 Å². The van der Waals surface area contributed by atoms with Gasteiger partial charge in [-0.25, -0.2) is 0 Å². The quantitative estimate of drug-likeness (QED) is 0.847. The molecule has 1 aliphatic heterocycles. The van der Waals surface area contributed by atoms with Crippen LogP contribution < -0.4 is 5.32 Å². The lowest BCUT2D eigenvalue weighted by Gasteiger charge is -2.29. The van der Waals surface area contributed by atoms with Gasteiger partial charge in [0.05, 0.1) is 11.8 Å². The van der Waals surface area contributed by atoms with Gasteiger partial charge < -0.3 is 10.2 Å². The van der Waals surface area contributed by atoms with Crippen LogP contribution in [-0.2, 0) is 0 Å². The van der Waals surface area contributed by atoms with Crippen molar-refractivity contribution in [3.63, 3.8) is 0 Å². The summed E-state index contributed by atoms with van der Waals surface area (Å²) in [6.07, 6.45) is 3.98. The van der Waals surface area contributed by atoms with Crippen molar-refractivity contribution in [2.75, 3.05) is 13.1 Å². The molecule has 5 heteroatoms. The van der Waals surface area contributed by atoms with Crippen LogP contribution in [0.5, 0.6) is 0 Å². The molecule has 1 amide bonds. The summed E-state index contributed by atoms with van der Waals surface area (Å²) >= 11 is 0. The number of hydrogen-bond acceptors (Lipinski definition) is 3. The molecule has 2 rings (SSSR count). The summed E-state index contributed by atoms with van der Waals surface area (Å²) in [6, 6.07) is 0.637. The van der Waals surface area contributed by atoms with Gasteiger partial charge in [-0.1, -0.05) is 0 Å². The van der Waals surface area contributed by atoms with Gasteiger partial charge in [-0.05, 0) is 40.2 Å². The molecule has 1 unspecified atom stereocenters. The van der Waals surface area contributed by atoms with Crippen molar-refractivity contribution in [2.45, 2.75) is 45.7 Å². The van der Waals surface area contributed by atoms with Crippen LogP contribution in [0.1, 0.15) is 42.7 Å². The van der Waals surface area contributed by atoms with Crippen molar-refractivity contribution in [1.82, 2.24) is 20.4 Å². The molecule has 0 aromatic carbocycles. The fraction of sp³-hybridized carbons (Fsp3) is 0.692. The Labute approximate surface area is 108 Å². The number of hydrogen-bond donors (Lipinski definition) is 2. The largest absolute Gasteiger partial charge is 0.335 e. The number of carbonyl (C=O) groups is 1. The normalized spacial score (nSPS) is 19.4. The van der Waals surface area contributed by atoms with E-state index in [2.05, 4.69) is 29.4 Å². The molecule has 1 aromatic heterocycles. The zero-order valence-electron chi connectivity index (χ0n) is 11.4. The summed E-state index contributed by atoms with van der Waals surface area (Å²) in [5, 5.41) is 10.2. The Morgan fingerprint density at radius 2 is 2.39 bits per heavy atom. The maximum atomic E-state index is 12.5. The van der Waals surface area contributed by atoms with Crippen molar-refractivity contribution >= 4 is 5.91 Å². The van der Waals surface area contributed by atoms with Crippen LogP contribution in [0.3, 0.4) is 0 Å². The minimum absolute atomic E-state index is 0.0740. The SMILES string of the molecule is Cc1[nH]ncc1C(=O)N(CC1CCCN1)C(C)C. The lowest BCUT2D eigenvalue weighted by Crippen LogP contribution is -2.44. The Bertz CT molecular complexity index is 407. The first-order chi connectivity index (χ1) is 8.59. The molecule has 2 heterocycles. The Balaban J connectivity index is 2.09. The summed E-state index contributed by atoms with van der Waals surface area (Å²) in [7, 11) is 0. The van der Waals surface area contributed by atoms with E-state index in [0.29, 0.717) is 11.6 Å². The fourth-order valence-corrected chi connectivity index (χ4v) is 2.40. The fourth-order valence-electron chi connectivity index (χ4n) is 2.40. The number of rotatable bonds is 4. The first-order valence-corrected chi connectivity index (χ1v) is 6.64. The number of aromatic nitrogens is 2. The highest BCUT2D eigenvalue weighted by Gasteiger charge is 2.25. The first kappa shape index (κ1) is 13.1. The number of H-pyrrole nitrogens is 1. The summed E-state index contributed by atoms with van der Waals surface area (Å²) in [5.74, 6) is 0.0740. The van der Waals surface area contributed by atoms with E-state index in [-0.39, 0.29) is 11.9 Å². The minimum atomic E-state index is 0.0740.